The van der Waals surface area contributed by atoms with E-state index in [0.717, 1.165) is 29.8 Å². The summed E-state index contributed by atoms with van der Waals surface area (Å²) < 4.78 is 0. The second-order valence-electron chi connectivity index (χ2n) is 5.60. The molecule has 2 aromatic rings. The standard InChI is InChI=1S/C18H18ClNO/c1-12-10-13(6-8-17(12)19)14-7-9-18(20-11-21)16-5-3-2-4-15(14)16/h2-6,8,10-11,14,18H,7,9H2,1H3,(H,20,21)/t14?,18-/m0/s1. The van der Waals surface area contributed by atoms with Gasteiger partial charge in [0.25, 0.3) is 0 Å². The molecule has 0 aliphatic heterocycles. The summed E-state index contributed by atoms with van der Waals surface area (Å²) in [5, 5.41) is 3.74. The molecule has 0 fully saturated rings. The molecule has 0 radical (unpaired) electrons. The Kier molecular flexibility index (Phi) is 3.98. The van der Waals surface area contributed by atoms with Gasteiger partial charge in [-0.2, -0.15) is 0 Å². The molecular weight excluding hydrogens is 282 g/mol. The van der Waals surface area contributed by atoms with Crippen LogP contribution < -0.4 is 5.32 Å². The van der Waals surface area contributed by atoms with E-state index in [1.807, 2.05) is 19.1 Å². The Morgan fingerprint density at radius 3 is 2.62 bits per heavy atom. The lowest BCUT2D eigenvalue weighted by molar-refractivity contribution is -0.110. The summed E-state index contributed by atoms with van der Waals surface area (Å²) in [7, 11) is 0. The summed E-state index contributed by atoms with van der Waals surface area (Å²) in [5.41, 5.74) is 4.95. The number of aryl methyl sites for hydroxylation is 1. The number of fused-ring (bicyclic) bond motifs is 1. The van der Waals surface area contributed by atoms with Crippen molar-refractivity contribution in [2.24, 2.45) is 0 Å². The molecule has 1 amide bonds. The number of nitrogens with one attached hydrogen (secondary N) is 1. The number of hydrogen-bond acceptors (Lipinski definition) is 1. The average Bonchev–Trinajstić information content (AvgIpc) is 2.51. The van der Waals surface area contributed by atoms with E-state index in [1.165, 1.54) is 16.7 Å². The zero-order valence-electron chi connectivity index (χ0n) is 12.0. The zero-order chi connectivity index (χ0) is 14.8. The van der Waals surface area contributed by atoms with E-state index in [9.17, 15) is 4.79 Å². The van der Waals surface area contributed by atoms with Crippen molar-refractivity contribution in [2.75, 3.05) is 0 Å². The number of hydrogen-bond donors (Lipinski definition) is 1. The van der Waals surface area contributed by atoms with Crippen molar-refractivity contribution >= 4 is 18.0 Å². The van der Waals surface area contributed by atoms with Crippen LogP contribution in [0.25, 0.3) is 0 Å². The highest BCUT2D eigenvalue weighted by Gasteiger charge is 2.27. The van der Waals surface area contributed by atoms with E-state index < -0.39 is 0 Å². The van der Waals surface area contributed by atoms with Crippen LogP contribution in [0, 0.1) is 6.92 Å². The number of halogens is 1. The first-order valence-electron chi connectivity index (χ1n) is 7.25. The first kappa shape index (κ1) is 14.2. The third-order valence-electron chi connectivity index (χ3n) is 4.34. The van der Waals surface area contributed by atoms with Crippen LogP contribution in [0.1, 0.15) is 47.1 Å². The van der Waals surface area contributed by atoms with Crippen molar-refractivity contribution < 1.29 is 4.79 Å². The highest BCUT2D eigenvalue weighted by Crippen LogP contribution is 2.41. The molecule has 2 aromatic carbocycles. The molecule has 108 valence electrons. The molecule has 0 saturated heterocycles. The summed E-state index contributed by atoms with van der Waals surface area (Å²) in [6.45, 7) is 2.04. The molecule has 2 atom stereocenters. The van der Waals surface area contributed by atoms with E-state index in [4.69, 9.17) is 11.6 Å². The normalized spacial score (nSPS) is 20.7. The van der Waals surface area contributed by atoms with Crippen molar-refractivity contribution in [3.63, 3.8) is 0 Å². The fraction of sp³-hybridized carbons (Fsp3) is 0.278. The number of benzene rings is 2. The topological polar surface area (TPSA) is 29.1 Å². The van der Waals surface area contributed by atoms with Gasteiger partial charge in [-0.25, -0.2) is 0 Å². The number of carbonyl (C=O) groups is 1. The lowest BCUT2D eigenvalue weighted by atomic mass is 9.76. The van der Waals surface area contributed by atoms with Crippen LogP contribution in [0.4, 0.5) is 0 Å². The van der Waals surface area contributed by atoms with Gasteiger partial charge in [0.1, 0.15) is 0 Å². The molecule has 2 nitrogen and oxygen atoms in total. The molecule has 0 heterocycles. The van der Waals surface area contributed by atoms with E-state index >= 15 is 0 Å². The fourth-order valence-corrected chi connectivity index (χ4v) is 3.39. The quantitative estimate of drug-likeness (QED) is 0.838. The SMILES string of the molecule is Cc1cc(C2CC[C@H](NC=O)c3ccccc32)ccc1Cl. The molecule has 0 aromatic heterocycles. The second-order valence-corrected chi connectivity index (χ2v) is 6.01. The minimum atomic E-state index is 0.128. The Morgan fingerprint density at radius 1 is 1.14 bits per heavy atom. The molecule has 1 aliphatic carbocycles. The molecule has 1 aliphatic rings. The van der Waals surface area contributed by atoms with E-state index in [1.54, 1.807) is 0 Å². The largest absolute Gasteiger partial charge is 0.352 e. The van der Waals surface area contributed by atoms with Crippen molar-refractivity contribution in [2.45, 2.75) is 31.7 Å². The Balaban J connectivity index is 2.02. The first-order valence-corrected chi connectivity index (χ1v) is 7.63. The van der Waals surface area contributed by atoms with E-state index in [0.29, 0.717) is 5.92 Å². The van der Waals surface area contributed by atoms with Gasteiger partial charge in [0.05, 0.1) is 6.04 Å². The Hall–Kier alpha value is -1.80. The maximum atomic E-state index is 10.8. The molecule has 0 spiro atoms. The van der Waals surface area contributed by atoms with Crippen molar-refractivity contribution in [3.05, 3.63) is 69.7 Å². The lowest BCUT2D eigenvalue weighted by Crippen LogP contribution is -2.26. The summed E-state index contributed by atoms with van der Waals surface area (Å²) in [6.07, 6.45) is 2.79. The summed E-state index contributed by atoms with van der Waals surface area (Å²) >= 11 is 6.14. The molecule has 1 N–H and O–H groups in total. The Morgan fingerprint density at radius 2 is 1.90 bits per heavy atom. The zero-order valence-corrected chi connectivity index (χ0v) is 12.7. The lowest BCUT2D eigenvalue weighted by Gasteiger charge is -2.31. The summed E-state index contributed by atoms with van der Waals surface area (Å²) in [5.74, 6) is 0.377. The molecular formula is C18H18ClNO. The van der Waals surface area contributed by atoms with Gasteiger partial charge in [-0.1, -0.05) is 48.0 Å². The molecule has 3 rings (SSSR count). The summed E-state index contributed by atoms with van der Waals surface area (Å²) in [4.78, 5) is 10.8. The third kappa shape index (κ3) is 2.68. The molecule has 21 heavy (non-hydrogen) atoms. The van der Waals surface area contributed by atoms with Gasteiger partial charge < -0.3 is 5.32 Å². The van der Waals surface area contributed by atoms with Gasteiger partial charge in [-0.15, -0.1) is 0 Å². The van der Waals surface area contributed by atoms with Crippen molar-refractivity contribution in [1.82, 2.24) is 5.32 Å². The number of rotatable bonds is 3. The van der Waals surface area contributed by atoms with Gasteiger partial charge in [0, 0.05) is 10.9 Å². The van der Waals surface area contributed by atoms with Gasteiger partial charge in [-0.05, 0) is 48.1 Å². The fourth-order valence-electron chi connectivity index (χ4n) is 3.28. The highest BCUT2D eigenvalue weighted by atomic mass is 35.5. The minimum Gasteiger partial charge on any atom is -0.352 e. The van der Waals surface area contributed by atoms with Gasteiger partial charge >= 0.3 is 0 Å². The van der Waals surface area contributed by atoms with Crippen LogP contribution in [-0.4, -0.2) is 6.41 Å². The molecule has 0 saturated carbocycles. The minimum absolute atomic E-state index is 0.128. The van der Waals surface area contributed by atoms with Crippen LogP contribution in [-0.2, 0) is 4.79 Å². The predicted molar refractivity (Wildman–Crippen MR) is 85.6 cm³/mol. The Labute approximate surface area is 130 Å². The highest BCUT2D eigenvalue weighted by molar-refractivity contribution is 6.31. The maximum absolute atomic E-state index is 10.8. The number of carbonyl (C=O) groups excluding carboxylic acids is 1. The predicted octanol–water partition coefficient (Wildman–Crippen LogP) is 4.36. The van der Waals surface area contributed by atoms with E-state index in [2.05, 4.69) is 35.6 Å². The van der Waals surface area contributed by atoms with E-state index in [-0.39, 0.29) is 6.04 Å². The third-order valence-corrected chi connectivity index (χ3v) is 4.77. The molecule has 0 bridgehead atoms. The molecule has 1 unspecified atom stereocenters. The van der Waals surface area contributed by atoms with Crippen LogP contribution >= 0.6 is 11.6 Å². The van der Waals surface area contributed by atoms with Gasteiger partial charge in [-0.3, -0.25) is 4.79 Å². The average molecular weight is 300 g/mol. The summed E-state index contributed by atoms with van der Waals surface area (Å²) in [6, 6.07) is 14.8. The van der Waals surface area contributed by atoms with Crippen LogP contribution in [0.5, 0.6) is 0 Å². The van der Waals surface area contributed by atoms with Gasteiger partial charge in [0.15, 0.2) is 0 Å². The number of amides is 1. The molecule has 3 heteroatoms. The van der Waals surface area contributed by atoms with Crippen molar-refractivity contribution in [1.29, 1.82) is 0 Å². The monoisotopic (exact) mass is 299 g/mol. The van der Waals surface area contributed by atoms with Crippen LogP contribution in [0.15, 0.2) is 42.5 Å². The smallest absolute Gasteiger partial charge is 0.207 e. The Bertz CT molecular complexity index is 668. The van der Waals surface area contributed by atoms with Crippen molar-refractivity contribution in [3.8, 4) is 0 Å². The maximum Gasteiger partial charge on any atom is 0.207 e. The van der Waals surface area contributed by atoms with Crippen LogP contribution in [0.2, 0.25) is 5.02 Å². The van der Waals surface area contributed by atoms with Gasteiger partial charge in [0.2, 0.25) is 6.41 Å². The second kappa shape index (κ2) is 5.90. The first-order chi connectivity index (χ1) is 10.2. The van der Waals surface area contributed by atoms with Crippen LogP contribution in [0.3, 0.4) is 0 Å².